The first kappa shape index (κ1) is 9.64. The lowest BCUT2D eigenvalue weighted by molar-refractivity contribution is 0.140. The molecule has 72 valence electrons. The number of hydrogen-bond donors (Lipinski definition) is 0. The van der Waals surface area contributed by atoms with Gasteiger partial charge in [-0.25, -0.2) is 4.79 Å². The van der Waals surface area contributed by atoms with Crippen LogP contribution in [0, 0.1) is 0 Å². The van der Waals surface area contributed by atoms with E-state index in [0.717, 1.165) is 0 Å². The van der Waals surface area contributed by atoms with E-state index in [2.05, 4.69) is 0 Å². The molecule has 0 aromatic carbocycles. The van der Waals surface area contributed by atoms with E-state index >= 15 is 0 Å². The lowest BCUT2D eigenvalue weighted by Gasteiger charge is -2.20. The molecule has 0 aliphatic carbocycles. The van der Waals surface area contributed by atoms with Crippen LogP contribution in [0.5, 0.6) is 0 Å². The van der Waals surface area contributed by atoms with Crippen LogP contribution < -0.4 is 0 Å². The van der Waals surface area contributed by atoms with Crippen molar-refractivity contribution in [1.29, 1.82) is 0 Å². The van der Waals surface area contributed by atoms with Gasteiger partial charge in [0, 0.05) is 21.1 Å². The summed E-state index contributed by atoms with van der Waals surface area (Å²) in [6, 6.07) is 0. The fraction of sp³-hybridized carbons (Fsp3) is 0.444. The molecule has 0 bridgehead atoms. The molecule has 1 heterocycles. The summed E-state index contributed by atoms with van der Waals surface area (Å²) < 4.78 is 5.08. The molecule has 0 saturated heterocycles. The predicted octanol–water partition coefficient (Wildman–Crippen LogP) is 1.03. The van der Waals surface area contributed by atoms with Crippen LogP contribution in [0.4, 0.5) is 4.79 Å². The van der Waals surface area contributed by atoms with E-state index in [1.165, 1.54) is 4.90 Å². The van der Waals surface area contributed by atoms with Gasteiger partial charge in [-0.15, -0.1) is 0 Å². The summed E-state index contributed by atoms with van der Waals surface area (Å²) in [4.78, 5) is 14.5. The van der Waals surface area contributed by atoms with Gasteiger partial charge < -0.3 is 14.5 Å². The molecule has 1 aliphatic heterocycles. The van der Waals surface area contributed by atoms with E-state index in [-0.39, 0.29) is 6.09 Å². The van der Waals surface area contributed by atoms with E-state index in [0.29, 0.717) is 12.3 Å². The number of amides is 1. The zero-order valence-corrected chi connectivity index (χ0v) is 8.15. The van der Waals surface area contributed by atoms with Crippen molar-refractivity contribution in [3.63, 3.8) is 0 Å². The van der Waals surface area contributed by atoms with Gasteiger partial charge in [0.25, 0.3) is 0 Å². The summed E-state index contributed by atoms with van der Waals surface area (Å²) in [5.41, 5.74) is 0. The van der Waals surface area contributed by atoms with Gasteiger partial charge in [-0.05, 0) is 18.4 Å². The minimum atomic E-state index is -0.338. The number of rotatable bonds is 1. The summed E-state index contributed by atoms with van der Waals surface area (Å²) >= 11 is 0. The number of likely N-dealkylation sites (N-methyl/N-ethyl adjacent to an activating group) is 1. The molecule has 0 radical (unpaired) electrons. The molecule has 4 nitrogen and oxygen atoms in total. The standard InChI is InChI=1S/C9H14N2O2/c1-10(2)9(12)13-8-5-4-6-11(3)7-8/h4-6H,7H2,1-3H3. The number of ether oxygens (including phenoxy) is 1. The van der Waals surface area contributed by atoms with E-state index in [9.17, 15) is 4.79 Å². The normalized spacial score (nSPS) is 15.3. The first-order chi connectivity index (χ1) is 6.09. The molecular formula is C9H14N2O2. The Bertz CT molecular complexity index is 256. The van der Waals surface area contributed by atoms with Crippen molar-refractivity contribution in [3.8, 4) is 0 Å². The molecule has 1 amide bonds. The predicted molar refractivity (Wildman–Crippen MR) is 50.0 cm³/mol. The molecule has 1 aliphatic rings. The Morgan fingerprint density at radius 2 is 2.31 bits per heavy atom. The molecule has 0 spiro atoms. The summed E-state index contributed by atoms with van der Waals surface area (Å²) in [6.07, 6.45) is 5.23. The third kappa shape index (κ3) is 2.82. The summed E-state index contributed by atoms with van der Waals surface area (Å²) in [5, 5.41) is 0. The largest absolute Gasteiger partial charge is 0.414 e. The van der Waals surface area contributed by atoms with E-state index in [4.69, 9.17) is 4.74 Å². The smallest absolute Gasteiger partial charge is 0.413 e. The fourth-order valence-electron chi connectivity index (χ4n) is 0.918. The Morgan fingerprint density at radius 1 is 1.62 bits per heavy atom. The van der Waals surface area contributed by atoms with Gasteiger partial charge >= 0.3 is 6.09 Å². The summed E-state index contributed by atoms with van der Waals surface area (Å²) in [5.74, 6) is 0.670. The van der Waals surface area contributed by atoms with Crippen molar-refractivity contribution in [1.82, 2.24) is 9.80 Å². The van der Waals surface area contributed by atoms with E-state index in [1.807, 2.05) is 24.2 Å². The third-order valence-electron chi connectivity index (χ3n) is 1.61. The Labute approximate surface area is 78.1 Å². The van der Waals surface area contributed by atoms with Crippen LogP contribution in [-0.4, -0.2) is 43.6 Å². The second kappa shape index (κ2) is 3.98. The quantitative estimate of drug-likeness (QED) is 0.607. The highest BCUT2D eigenvalue weighted by molar-refractivity contribution is 5.68. The zero-order chi connectivity index (χ0) is 9.84. The summed E-state index contributed by atoms with van der Waals surface area (Å²) in [7, 11) is 5.24. The van der Waals surface area contributed by atoms with Gasteiger partial charge in [0.1, 0.15) is 5.76 Å². The monoisotopic (exact) mass is 182 g/mol. The van der Waals surface area contributed by atoms with Crippen LogP contribution >= 0.6 is 0 Å². The lowest BCUT2D eigenvalue weighted by Crippen LogP contribution is -2.26. The van der Waals surface area contributed by atoms with Gasteiger partial charge in [0.15, 0.2) is 0 Å². The molecular weight excluding hydrogens is 168 g/mol. The first-order valence-electron chi connectivity index (χ1n) is 4.06. The number of allylic oxidation sites excluding steroid dienone is 2. The molecule has 0 saturated carbocycles. The molecule has 0 N–H and O–H groups in total. The van der Waals surface area contributed by atoms with Crippen molar-refractivity contribution in [2.24, 2.45) is 0 Å². The Hall–Kier alpha value is -1.45. The lowest BCUT2D eigenvalue weighted by atomic mass is 10.3. The van der Waals surface area contributed by atoms with Crippen molar-refractivity contribution in [2.75, 3.05) is 27.7 Å². The second-order valence-electron chi connectivity index (χ2n) is 3.15. The highest BCUT2D eigenvalue weighted by Gasteiger charge is 2.11. The van der Waals surface area contributed by atoms with Gasteiger partial charge in [-0.1, -0.05) is 0 Å². The minimum Gasteiger partial charge on any atom is -0.413 e. The maximum atomic E-state index is 11.1. The van der Waals surface area contributed by atoms with Gasteiger partial charge in [0.05, 0.1) is 6.54 Å². The van der Waals surface area contributed by atoms with Crippen LogP contribution in [-0.2, 0) is 4.74 Å². The number of nitrogens with zero attached hydrogens (tertiary/aromatic N) is 2. The van der Waals surface area contributed by atoms with E-state index in [1.54, 1.807) is 20.2 Å². The molecule has 0 fully saturated rings. The molecule has 0 aromatic heterocycles. The second-order valence-corrected chi connectivity index (χ2v) is 3.15. The molecule has 0 aromatic rings. The Balaban J connectivity index is 2.50. The minimum absolute atomic E-state index is 0.338. The molecule has 1 rings (SSSR count). The van der Waals surface area contributed by atoms with Crippen LogP contribution in [0.1, 0.15) is 0 Å². The van der Waals surface area contributed by atoms with Crippen LogP contribution in [0.15, 0.2) is 24.1 Å². The first-order valence-corrected chi connectivity index (χ1v) is 4.06. The SMILES string of the molecule is CN1C=CC=C(OC(=O)N(C)C)C1. The van der Waals surface area contributed by atoms with Crippen LogP contribution in [0.25, 0.3) is 0 Å². The topological polar surface area (TPSA) is 32.8 Å². The van der Waals surface area contributed by atoms with Crippen LogP contribution in [0.2, 0.25) is 0 Å². The average molecular weight is 182 g/mol. The zero-order valence-electron chi connectivity index (χ0n) is 8.15. The van der Waals surface area contributed by atoms with Crippen molar-refractivity contribution >= 4 is 6.09 Å². The number of carbonyl (C=O) groups excluding carboxylic acids is 1. The molecule has 13 heavy (non-hydrogen) atoms. The molecule has 0 unspecified atom stereocenters. The Morgan fingerprint density at radius 3 is 2.85 bits per heavy atom. The third-order valence-corrected chi connectivity index (χ3v) is 1.61. The average Bonchev–Trinajstić information content (AvgIpc) is 2.04. The molecule has 0 atom stereocenters. The fourth-order valence-corrected chi connectivity index (χ4v) is 0.918. The number of hydrogen-bond acceptors (Lipinski definition) is 3. The van der Waals surface area contributed by atoms with Gasteiger partial charge in [-0.3, -0.25) is 0 Å². The van der Waals surface area contributed by atoms with E-state index < -0.39 is 0 Å². The van der Waals surface area contributed by atoms with Crippen molar-refractivity contribution in [3.05, 3.63) is 24.1 Å². The van der Waals surface area contributed by atoms with Gasteiger partial charge in [-0.2, -0.15) is 0 Å². The van der Waals surface area contributed by atoms with Crippen LogP contribution in [0.3, 0.4) is 0 Å². The highest BCUT2D eigenvalue weighted by atomic mass is 16.6. The van der Waals surface area contributed by atoms with Crippen molar-refractivity contribution in [2.45, 2.75) is 0 Å². The molecule has 4 heteroatoms. The van der Waals surface area contributed by atoms with Gasteiger partial charge in [0.2, 0.25) is 0 Å². The maximum Gasteiger partial charge on any atom is 0.414 e. The maximum absolute atomic E-state index is 11.1. The Kier molecular flexibility index (Phi) is 2.95. The highest BCUT2D eigenvalue weighted by Crippen LogP contribution is 2.07. The number of carbonyl (C=O) groups is 1. The summed E-state index contributed by atoms with van der Waals surface area (Å²) in [6.45, 7) is 0.635. The van der Waals surface area contributed by atoms with Crippen molar-refractivity contribution < 1.29 is 9.53 Å².